The summed E-state index contributed by atoms with van der Waals surface area (Å²) in [7, 11) is 0. The number of benzene rings is 1. The van der Waals surface area contributed by atoms with Crippen LogP contribution in [0.5, 0.6) is 5.75 Å². The van der Waals surface area contributed by atoms with Crippen LogP contribution in [0.2, 0.25) is 0 Å². The van der Waals surface area contributed by atoms with Crippen LogP contribution in [0, 0.1) is 0 Å². The molecule has 1 atom stereocenters. The monoisotopic (exact) mass is 317 g/mol. The Labute approximate surface area is 116 Å². The summed E-state index contributed by atoms with van der Waals surface area (Å²) < 4.78 is 6.44. The van der Waals surface area contributed by atoms with Gasteiger partial charge in [-0.1, -0.05) is 15.9 Å². The summed E-state index contributed by atoms with van der Waals surface area (Å²) >= 11 is 3.35. The molecule has 0 bridgehead atoms. The van der Waals surface area contributed by atoms with E-state index in [-0.39, 0.29) is 12.2 Å². The van der Waals surface area contributed by atoms with Crippen LogP contribution in [0.3, 0.4) is 0 Å². The van der Waals surface area contributed by atoms with Crippen molar-refractivity contribution in [1.82, 2.24) is 5.48 Å². The maximum absolute atomic E-state index is 9.69. The van der Waals surface area contributed by atoms with Crippen LogP contribution in [0.1, 0.15) is 20.8 Å². The molecule has 102 valence electrons. The lowest BCUT2D eigenvalue weighted by Crippen LogP contribution is -2.36. The summed E-state index contributed by atoms with van der Waals surface area (Å²) in [6.45, 7) is 6.36. The summed E-state index contributed by atoms with van der Waals surface area (Å²) in [5.74, 6) is 0.731. The lowest BCUT2D eigenvalue weighted by Gasteiger charge is -2.21. The van der Waals surface area contributed by atoms with E-state index in [9.17, 15) is 5.11 Å². The van der Waals surface area contributed by atoms with Crippen molar-refractivity contribution in [3.63, 3.8) is 0 Å². The van der Waals surface area contributed by atoms with Crippen molar-refractivity contribution >= 4 is 15.9 Å². The third-order valence-corrected chi connectivity index (χ3v) is 2.48. The topological polar surface area (TPSA) is 50.7 Å². The molecule has 0 aromatic heterocycles. The SMILES string of the molecule is CC(C)(C)ONCC(O)COc1ccc(Br)cc1. The lowest BCUT2D eigenvalue weighted by molar-refractivity contribution is -0.0857. The van der Waals surface area contributed by atoms with Gasteiger partial charge >= 0.3 is 0 Å². The van der Waals surface area contributed by atoms with Gasteiger partial charge in [-0.05, 0) is 45.0 Å². The van der Waals surface area contributed by atoms with E-state index < -0.39 is 6.10 Å². The van der Waals surface area contributed by atoms with Gasteiger partial charge < -0.3 is 9.84 Å². The average molecular weight is 318 g/mol. The first kappa shape index (κ1) is 15.4. The van der Waals surface area contributed by atoms with Gasteiger partial charge in [0.05, 0.1) is 12.1 Å². The van der Waals surface area contributed by atoms with Crippen LogP contribution in [0.25, 0.3) is 0 Å². The fourth-order valence-corrected chi connectivity index (χ4v) is 1.40. The Balaban J connectivity index is 2.21. The van der Waals surface area contributed by atoms with Gasteiger partial charge in [-0.3, -0.25) is 4.84 Å². The number of halogens is 1. The third-order valence-electron chi connectivity index (χ3n) is 1.95. The highest BCUT2D eigenvalue weighted by molar-refractivity contribution is 9.10. The molecule has 0 fully saturated rings. The Hall–Kier alpha value is -0.620. The number of hydroxylamine groups is 1. The molecule has 0 spiro atoms. The van der Waals surface area contributed by atoms with E-state index in [0.717, 1.165) is 10.2 Å². The molecular formula is C13H20BrNO3. The van der Waals surface area contributed by atoms with Crippen LogP contribution in [0.4, 0.5) is 0 Å². The summed E-state index contributed by atoms with van der Waals surface area (Å²) in [4.78, 5) is 5.30. The molecule has 1 unspecified atom stereocenters. The molecular weight excluding hydrogens is 298 g/mol. The van der Waals surface area contributed by atoms with Crippen molar-refractivity contribution < 1.29 is 14.7 Å². The van der Waals surface area contributed by atoms with Gasteiger partial charge in [0.1, 0.15) is 18.5 Å². The zero-order valence-corrected chi connectivity index (χ0v) is 12.5. The number of nitrogens with one attached hydrogen (secondary N) is 1. The van der Waals surface area contributed by atoms with E-state index in [4.69, 9.17) is 9.57 Å². The normalized spacial score (nSPS) is 13.4. The molecule has 18 heavy (non-hydrogen) atoms. The second-order valence-electron chi connectivity index (χ2n) is 4.98. The molecule has 0 aliphatic heterocycles. The predicted molar refractivity (Wildman–Crippen MR) is 74.5 cm³/mol. The molecule has 0 saturated carbocycles. The van der Waals surface area contributed by atoms with E-state index >= 15 is 0 Å². The maximum Gasteiger partial charge on any atom is 0.119 e. The summed E-state index contributed by atoms with van der Waals surface area (Å²) in [6, 6.07) is 7.47. The van der Waals surface area contributed by atoms with Gasteiger partial charge in [-0.2, -0.15) is 5.48 Å². The highest BCUT2D eigenvalue weighted by Gasteiger charge is 2.12. The average Bonchev–Trinajstić information content (AvgIpc) is 2.26. The van der Waals surface area contributed by atoms with Gasteiger partial charge in [0.15, 0.2) is 0 Å². The maximum atomic E-state index is 9.69. The van der Waals surface area contributed by atoms with Crippen molar-refractivity contribution in [3.05, 3.63) is 28.7 Å². The lowest BCUT2D eigenvalue weighted by atomic mass is 10.2. The Morgan fingerprint density at radius 1 is 1.28 bits per heavy atom. The van der Waals surface area contributed by atoms with E-state index in [0.29, 0.717) is 6.54 Å². The molecule has 4 nitrogen and oxygen atoms in total. The third kappa shape index (κ3) is 6.96. The number of ether oxygens (including phenoxy) is 1. The van der Waals surface area contributed by atoms with Gasteiger partial charge in [0.25, 0.3) is 0 Å². The minimum absolute atomic E-state index is 0.224. The molecule has 0 aliphatic carbocycles. The molecule has 5 heteroatoms. The van der Waals surface area contributed by atoms with E-state index in [2.05, 4.69) is 21.4 Å². The van der Waals surface area contributed by atoms with Gasteiger partial charge in [-0.15, -0.1) is 0 Å². The van der Waals surface area contributed by atoms with Crippen LogP contribution >= 0.6 is 15.9 Å². The van der Waals surface area contributed by atoms with Crippen LogP contribution in [-0.2, 0) is 4.84 Å². The van der Waals surface area contributed by atoms with Crippen LogP contribution in [0.15, 0.2) is 28.7 Å². The molecule has 0 heterocycles. The van der Waals surface area contributed by atoms with Crippen molar-refractivity contribution in [3.8, 4) is 5.75 Å². The van der Waals surface area contributed by atoms with Gasteiger partial charge in [-0.25, -0.2) is 0 Å². The molecule has 2 N–H and O–H groups in total. The number of hydrogen-bond donors (Lipinski definition) is 2. The molecule has 0 saturated heterocycles. The summed E-state index contributed by atoms with van der Waals surface area (Å²) in [5, 5.41) is 9.69. The Bertz CT molecular complexity index is 348. The first-order valence-corrected chi connectivity index (χ1v) is 6.63. The zero-order chi connectivity index (χ0) is 13.6. The summed E-state index contributed by atoms with van der Waals surface area (Å²) in [6.07, 6.45) is -0.615. The molecule has 1 rings (SSSR count). The zero-order valence-electron chi connectivity index (χ0n) is 10.9. The predicted octanol–water partition coefficient (Wildman–Crippen LogP) is 2.51. The molecule has 1 aromatic rings. The van der Waals surface area contributed by atoms with Crippen molar-refractivity contribution in [1.29, 1.82) is 0 Å². The number of rotatable bonds is 6. The van der Waals surface area contributed by atoms with Gasteiger partial charge in [0, 0.05) is 4.47 Å². The van der Waals surface area contributed by atoms with Gasteiger partial charge in [0.2, 0.25) is 0 Å². The Kier molecular flexibility index (Phi) is 6.08. The highest BCUT2D eigenvalue weighted by Crippen LogP contribution is 2.16. The van der Waals surface area contributed by atoms with Crippen molar-refractivity contribution in [2.75, 3.05) is 13.2 Å². The highest BCUT2D eigenvalue weighted by atomic mass is 79.9. The second kappa shape index (κ2) is 7.09. The number of hydrogen-bond acceptors (Lipinski definition) is 4. The number of aliphatic hydroxyl groups excluding tert-OH is 1. The van der Waals surface area contributed by atoms with E-state index in [1.54, 1.807) is 0 Å². The molecule has 0 aliphatic rings. The number of aliphatic hydroxyl groups is 1. The van der Waals surface area contributed by atoms with E-state index in [1.165, 1.54) is 0 Å². The fraction of sp³-hybridized carbons (Fsp3) is 0.538. The summed E-state index contributed by atoms with van der Waals surface area (Å²) in [5.41, 5.74) is 2.46. The fourth-order valence-electron chi connectivity index (χ4n) is 1.14. The largest absolute Gasteiger partial charge is 0.491 e. The van der Waals surface area contributed by atoms with Crippen molar-refractivity contribution in [2.45, 2.75) is 32.5 Å². The first-order chi connectivity index (χ1) is 8.37. The second-order valence-corrected chi connectivity index (χ2v) is 5.90. The molecule has 0 amide bonds. The first-order valence-electron chi connectivity index (χ1n) is 5.84. The Morgan fingerprint density at radius 2 is 1.89 bits per heavy atom. The minimum Gasteiger partial charge on any atom is -0.491 e. The quantitative estimate of drug-likeness (QED) is 0.792. The standard InChI is InChI=1S/C13H20BrNO3/c1-13(2,3)18-15-8-11(16)9-17-12-6-4-10(14)5-7-12/h4-7,11,15-16H,8-9H2,1-3H3. The molecule has 1 aromatic carbocycles. The Morgan fingerprint density at radius 3 is 2.44 bits per heavy atom. The van der Waals surface area contributed by atoms with Crippen molar-refractivity contribution in [2.24, 2.45) is 0 Å². The smallest absolute Gasteiger partial charge is 0.119 e. The minimum atomic E-state index is -0.615. The van der Waals surface area contributed by atoms with E-state index in [1.807, 2.05) is 45.0 Å². The van der Waals surface area contributed by atoms with Crippen LogP contribution < -0.4 is 10.2 Å². The van der Waals surface area contributed by atoms with Crippen LogP contribution in [-0.4, -0.2) is 30.0 Å². The molecule has 0 radical (unpaired) electrons.